The van der Waals surface area contributed by atoms with Crippen LogP contribution in [-0.2, 0) is 6.54 Å². The molecule has 1 aromatic carbocycles. The molecule has 3 aromatic rings. The van der Waals surface area contributed by atoms with Gasteiger partial charge in [-0.1, -0.05) is 48.2 Å². The first-order valence-corrected chi connectivity index (χ1v) is 9.00. The van der Waals surface area contributed by atoms with Crippen molar-refractivity contribution < 1.29 is 4.39 Å². The molecule has 23 heavy (non-hydrogen) atoms. The van der Waals surface area contributed by atoms with Gasteiger partial charge in [-0.05, 0) is 5.56 Å². The summed E-state index contributed by atoms with van der Waals surface area (Å²) in [6, 6.07) is 9.78. The molecule has 3 rings (SSSR count). The highest BCUT2D eigenvalue weighted by atomic mass is 32.2. The number of nitrogens with zero attached hydrogens (tertiary/aromatic N) is 2. The third kappa shape index (κ3) is 3.09. The molecule has 0 aliphatic rings. The van der Waals surface area contributed by atoms with E-state index in [1.165, 1.54) is 23.1 Å². The smallest absolute Gasteiger partial charge is 0.263 e. The number of benzene rings is 1. The van der Waals surface area contributed by atoms with Crippen LogP contribution in [0, 0.1) is 0 Å². The minimum absolute atomic E-state index is 0.101. The molecule has 118 valence electrons. The van der Waals surface area contributed by atoms with Gasteiger partial charge in [0.05, 0.1) is 12.1 Å². The Morgan fingerprint density at radius 1 is 1.35 bits per heavy atom. The first-order chi connectivity index (χ1) is 11.3. The average Bonchev–Trinajstić information content (AvgIpc) is 3.01. The van der Waals surface area contributed by atoms with E-state index in [1.807, 2.05) is 35.7 Å². The number of halogens is 1. The summed E-state index contributed by atoms with van der Waals surface area (Å²) in [5.74, 6) is 0.284. The van der Waals surface area contributed by atoms with E-state index in [9.17, 15) is 9.18 Å². The number of thioether (sulfide) groups is 1. The maximum atomic E-state index is 12.9. The normalized spacial score (nSPS) is 11.0. The molecular weight excluding hydrogens is 331 g/mol. The quantitative estimate of drug-likeness (QED) is 0.378. The maximum absolute atomic E-state index is 12.9. The second-order valence-electron chi connectivity index (χ2n) is 4.83. The highest BCUT2D eigenvalue weighted by Gasteiger charge is 2.16. The third-order valence-corrected chi connectivity index (χ3v) is 5.16. The number of thiophene rings is 1. The number of allylic oxidation sites excluding steroid dienone is 1. The van der Waals surface area contributed by atoms with Gasteiger partial charge >= 0.3 is 0 Å². The highest BCUT2D eigenvalue weighted by molar-refractivity contribution is 7.99. The van der Waals surface area contributed by atoms with Crippen molar-refractivity contribution in [3.63, 3.8) is 0 Å². The Labute approximate surface area is 141 Å². The number of fused-ring (bicyclic) bond motifs is 1. The number of hydrogen-bond donors (Lipinski definition) is 0. The van der Waals surface area contributed by atoms with Gasteiger partial charge in [-0.25, -0.2) is 4.98 Å². The zero-order chi connectivity index (χ0) is 16.2. The van der Waals surface area contributed by atoms with Crippen LogP contribution in [0.5, 0.6) is 0 Å². The van der Waals surface area contributed by atoms with Crippen molar-refractivity contribution in [1.29, 1.82) is 0 Å². The molecule has 0 spiro atoms. The van der Waals surface area contributed by atoms with Crippen molar-refractivity contribution in [2.45, 2.75) is 11.7 Å². The predicted molar refractivity (Wildman–Crippen MR) is 96.2 cm³/mol. The summed E-state index contributed by atoms with van der Waals surface area (Å²) in [6.45, 7) is 3.61. The second-order valence-corrected chi connectivity index (χ2v) is 6.75. The fourth-order valence-electron chi connectivity index (χ4n) is 2.37. The number of alkyl halides is 1. The van der Waals surface area contributed by atoms with Gasteiger partial charge in [0.1, 0.15) is 4.83 Å². The monoisotopic (exact) mass is 346 g/mol. The highest BCUT2D eigenvalue weighted by Crippen LogP contribution is 2.32. The van der Waals surface area contributed by atoms with Gasteiger partial charge in [0, 0.05) is 23.2 Å². The largest absolute Gasteiger partial charge is 0.283 e. The molecule has 0 aliphatic carbocycles. The van der Waals surface area contributed by atoms with Crippen LogP contribution in [0.1, 0.15) is 0 Å². The molecule has 2 aromatic heterocycles. The van der Waals surface area contributed by atoms with Gasteiger partial charge in [-0.15, -0.1) is 17.9 Å². The van der Waals surface area contributed by atoms with Crippen molar-refractivity contribution in [3.05, 3.63) is 58.7 Å². The van der Waals surface area contributed by atoms with Crippen LogP contribution in [-0.4, -0.2) is 22.0 Å². The molecule has 0 atom stereocenters. The first-order valence-electron chi connectivity index (χ1n) is 7.13. The maximum Gasteiger partial charge on any atom is 0.263 e. The van der Waals surface area contributed by atoms with Gasteiger partial charge in [-0.3, -0.25) is 13.8 Å². The van der Waals surface area contributed by atoms with Crippen molar-refractivity contribution in [2.75, 3.05) is 12.4 Å². The molecule has 0 unspecified atom stereocenters. The van der Waals surface area contributed by atoms with Crippen LogP contribution in [0.2, 0.25) is 0 Å². The Morgan fingerprint density at radius 3 is 2.83 bits per heavy atom. The van der Waals surface area contributed by atoms with Gasteiger partial charge in [0.2, 0.25) is 0 Å². The molecule has 0 aliphatic heterocycles. The van der Waals surface area contributed by atoms with Crippen LogP contribution in [0.3, 0.4) is 0 Å². The molecule has 2 heterocycles. The van der Waals surface area contributed by atoms with E-state index < -0.39 is 6.67 Å². The molecule has 0 amide bonds. The van der Waals surface area contributed by atoms with Gasteiger partial charge < -0.3 is 0 Å². The van der Waals surface area contributed by atoms with Crippen LogP contribution >= 0.6 is 23.1 Å². The van der Waals surface area contributed by atoms with Crippen molar-refractivity contribution in [2.24, 2.45) is 0 Å². The van der Waals surface area contributed by atoms with Gasteiger partial charge in [0.15, 0.2) is 5.16 Å². The van der Waals surface area contributed by atoms with E-state index >= 15 is 0 Å². The summed E-state index contributed by atoms with van der Waals surface area (Å²) in [6.07, 6.45) is 1.66. The lowest BCUT2D eigenvalue weighted by molar-refractivity contribution is 0.532. The lowest BCUT2D eigenvalue weighted by Crippen LogP contribution is -2.22. The van der Waals surface area contributed by atoms with Gasteiger partial charge in [0.25, 0.3) is 5.56 Å². The Bertz CT molecular complexity index is 887. The van der Waals surface area contributed by atoms with Crippen molar-refractivity contribution >= 4 is 33.3 Å². The molecular formula is C17H15FN2OS2. The summed E-state index contributed by atoms with van der Waals surface area (Å²) < 4.78 is 14.0. The number of hydrogen-bond acceptors (Lipinski definition) is 4. The molecule has 6 heteroatoms. The fourth-order valence-corrected chi connectivity index (χ4v) is 4.09. The zero-order valence-electron chi connectivity index (χ0n) is 12.4. The second kappa shape index (κ2) is 7.10. The Morgan fingerprint density at radius 2 is 2.13 bits per heavy atom. The number of rotatable bonds is 6. The average molecular weight is 346 g/mol. The molecule has 0 saturated heterocycles. The lowest BCUT2D eigenvalue weighted by Gasteiger charge is -2.10. The topological polar surface area (TPSA) is 34.9 Å². The standard InChI is InChI=1S/C17H15FN2OS2/c1-2-9-20-16(21)14-13(12-6-4-3-5-7-12)11-23-15(14)19-17(20)22-10-8-18/h2-7,11H,1,8-10H2. The molecule has 0 bridgehead atoms. The van der Waals surface area contributed by atoms with Crippen LogP contribution in [0.15, 0.2) is 58.3 Å². The van der Waals surface area contributed by atoms with E-state index in [0.29, 0.717) is 21.9 Å². The van der Waals surface area contributed by atoms with Crippen LogP contribution in [0.4, 0.5) is 4.39 Å². The molecule has 0 radical (unpaired) electrons. The summed E-state index contributed by atoms with van der Waals surface area (Å²) in [5, 5.41) is 3.12. The van der Waals surface area contributed by atoms with Gasteiger partial charge in [-0.2, -0.15) is 0 Å². The first kappa shape index (κ1) is 16.0. The van der Waals surface area contributed by atoms with E-state index in [2.05, 4.69) is 11.6 Å². The van der Waals surface area contributed by atoms with E-state index in [1.54, 1.807) is 10.6 Å². The van der Waals surface area contributed by atoms with E-state index in [-0.39, 0.29) is 11.3 Å². The molecule has 0 saturated carbocycles. The zero-order valence-corrected chi connectivity index (χ0v) is 14.0. The Hall–Kier alpha value is -1.92. The van der Waals surface area contributed by atoms with Crippen molar-refractivity contribution in [3.8, 4) is 11.1 Å². The minimum atomic E-state index is -0.452. The summed E-state index contributed by atoms with van der Waals surface area (Å²) in [5.41, 5.74) is 1.78. The van der Waals surface area contributed by atoms with Crippen molar-refractivity contribution in [1.82, 2.24) is 9.55 Å². The molecule has 0 fully saturated rings. The van der Waals surface area contributed by atoms with Crippen LogP contribution in [0.25, 0.3) is 21.3 Å². The lowest BCUT2D eigenvalue weighted by atomic mass is 10.1. The van der Waals surface area contributed by atoms with Crippen LogP contribution < -0.4 is 5.56 Å². The minimum Gasteiger partial charge on any atom is -0.283 e. The predicted octanol–water partition coefficient (Wildman–Crippen LogP) is 4.37. The third-order valence-electron chi connectivity index (χ3n) is 3.36. The Kier molecular flexibility index (Phi) is 4.93. The van der Waals surface area contributed by atoms with E-state index in [0.717, 1.165) is 11.1 Å². The number of aromatic nitrogens is 2. The molecule has 3 nitrogen and oxygen atoms in total. The van der Waals surface area contributed by atoms with E-state index in [4.69, 9.17) is 0 Å². The summed E-state index contributed by atoms with van der Waals surface area (Å²) in [7, 11) is 0. The fraction of sp³-hybridized carbons (Fsp3) is 0.176. The SMILES string of the molecule is C=CCn1c(SCCF)nc2scc(-c3ccccc3)c2c1=O. The Balaban J connectivity index is 2.23. The summed E-state index contributed by atoms with van der Waals surface area (Å²) >= 11 is 2.70. The summed E-state index contributed by atoms with van der Waals surface area (Å²) in [4.78, 5) is 18.2. The molecule has 0 N–H and O–H groups in total.